The second kappa shape index (κ2) is 13.0. The van der Waals surface area contributed by atoms with Gasteiger partial charge in [0.2, 0.25) is 5.91 Å². The van der Waals surface area contributed by atoms with Crippen LogP contribution < -0.4 is 10.1 Å². The van der Waals surface area contributed by atoms with Gasteiger partial charge in [-0.2, -0.15) is 8.42 Å². The molecule has 1 unspecified atom stereocenters. The molecule has 218 valence electrons. The normalized spacial score (nSPS) is 17.7. The van der Waals surface area contributed by atoms with E-state index in [1.165, 1.54) is 40.2 Å². The summed E-state index contributed by atoms with van der Waals surface area (Å²) in [4.78, 5) is 43.7. The van der Waals surface area contributed by atoms with Gasteiger partial charge in [-0.15, -0.1) is 0 Å². The van der Waals surface area contributed by atoms with Crippen LogP contribution in [0.2, 0.25) is 0 Å². The van der Waals surface area contributed by atoms with Gasteiger partial charge in [-0.3, -0.25) is 14.1 Å². The summed E-state index contributed by atoms with van der Waals surface area (Å²) in [5.74, 6) is -1.71. The zero-order chi connectivity index (χ0) is 29.6. The van der Waals surface area contributed by atoms with Crippen LogP contribution in [0.1, 0.15) is 55.4 Å². The van der Waals surface area contributed by atoms with Gasteiger partial charge in [0.05, 0.1) is 18.4 Å². The van der Waals surface area contributed by atoms with Gasteiger partial charge in [0.25, 0.3) is 16.0 Å². The molecule has 4 rings (SSSR count). The highest BCUT2D eigenvalue weighted by Gasteiger charge is 2.43. The van der Waals surface area contributed by atoms with Gasteiger partial charge in [-0.1, -0.05) is 56.5 Å². The van der Waals surface area contributed by atoms with Crippen molar-refractivity contribution in [1.82, 2.24) is 14.5 Å². The van der Waals surface area contributed by atoms with E-state index in [1.54, 1.807) is 12.1 Å². The largest absolute Gasteiger partial charge is 0.488 e. The third-order valence-corrected chi connectivity index (χ3v) is 7.77. The molecular formula is C28H32N4O8S. The molecule has 2 heterocycles. The first kappa shape index (κ1) is 29.7. The summed E-state index contributed by atoms with van der Waals surface area (Å²) in [6, 6.07) is 12.3. The molecule has 1 aliphatic heterocycles. The number of rotatable bonds is 12. The molecule has 1 aliphatic rings. The second-order valence-electron chi connectivity index (χ2n) is 9.78. The maximum Gasteiger partial charge on any atom is 0.326 e. The van der Waals surface area contributed by atoms with Crippen molar-refractivity contribution in [2.24, 2.45) is 0 Å². The van der Waals surface area contributed by atoms with Crippen LogP contribution in [0.15, 0.2) is 72.0 Å². The van der Waals surface area contributed by atoms with Crippen molar-refractivity contribution < 1.29 is 37.2 Å². The van der Waals surface area contributed by atoms with E-state index in [0.717, 1.165) is 18.9 Å². The van der Waals surface area contributed by atoms with Gasteiger partial charge < -0.3 is 24.6 Å². The molecular weight excluding hydrogens is 552 g/mol. The molecule has 3 atom stereocenters. The fourth-order valence-electron chi connectivity index (χ4n) is 4.87. The zero-order valence-corrected chi connectivity index (χ0v) is 23.2. The third kappa shape index (κ3) is 7.30. The van der Waals surface area contributed by atoms with Crippen LogP contribution in [0.25, 0.3) is 0 Å². The van der Waals surface area contributed by atoms with Crippen LogP contribution in [0.3, 0.4) is 0 Å². The fraction of sp³-hybridized carbons (Fsp3) is 0.357. The molecule has 1 aromatic heterocycles. The summed E-state index contributed by atoms with van der Waals surface area (Å²) in [7, 11) is -4.64. The van der Waals surface area contributed by atoms with E-state index in [2.05, 4.69) is 10.3 Å². The average Bonchev–Trinajstić information content (AvgIpc) is 3.58. The number of ether oxygens (including phenoxy) is 1. The number of benzene rings is 2. The summed E-state index contributed by atoms with van der Waals surface area (Å²) >= 11 is 0. The molecule has 2 amide bonds. The topological polar surface area (TPSA) is 168 Å². The average molecular weight is 585 g/mol. The Morgan fingerprint density at radius 3 is 2.49 bits per heavy atom. The molecule has 3 N–H and O–H groups in total. The number of para-hydroxylation sites is 1. The molecule has 1 saturated heterocycles. The Bertz CT molecular complexity index is 1490. The van der Waals surface area contributed by atoms with Crippen molar-refractivity contribution in [3.05, 3.63) is 72.7 Å². The van der Waals surface area contributed by atoms with Crippen molar-refractivity contribution in [3.63, 3.8) is 0 Å². The monoisotopic (exact) mass is 584 g/mol. The lowest BCUT2D eigenvalue weighted by molar-refractivity contribution is -0.149. The Hall–Kier alpha value is -4.23. The van der Waals surface area contributed by atoms with E-state index in [-0.39, 0.29) is 24.3 Å². The molecule has 1 fully saturated rings. The molecule has 13 heteroatoms. The predicted molar refractivity (Wildman–Crippen MR) is 148 cm³/mol. The number of nitrogens with one attached hydrogen (secondary N) is 1. The number of carbonyl (C=O) groups is 3. The number of hydrogen-bond acceptors (Lipinski definition) is 7. The minimum atomic E-state index is -4.64. The lowest BCUT2D eigenvalue weighted by Crippen LogP contribution is -2.44. The minimum absolute atomic E-state index is 0.0509. The minimum Gasteiger partial charge on any atom is -0.488 e. The zero-order valence-electron chi connectivity index (χ0n) is 22.4. The molecule has 0 spiro atoms. The Labute approximate surface area is 237 Å². The summed E-state index contributed by atoms with van der Waals surface area (Å²) in [6.45, 7) is 2.12. The standard InChI is InChI=1S/C28H32N4O8S/c1-2-3-5-13-22(27(34)32-16-20(15-23(32)28(35)36)40-19-10-6-4-7-11-19)31-17-25(29-18-31)30-26(33)21-12-8-9-14-24(21)41(37,38)39/h4,6-12,14,17-18,20,22-23H,2-3,5,13,15-16H2,1H3,(H,30,33)(H,35,36)(H,37,38,39)/t20-,22?,23-/m0/s1. The Morgan fingerprint density at radius 1 is 1.10 bits per heavy atom. The molecule has 0 radical (unpaired) electrons. The van der Waals surface area contributed by atoms with Crippen molar-refractivity contribution in [3.8, 4) is 5.75 Å². The molecule has 12 nitrogen and oxygen atoms in total. The van der Waals surface area contributed by atoms with Crippen LogP contribution in [0, 0.1) is 0 Å². The number of anilines is 1. The first-order chi connectivity index (χ1) is 19.6. The summed E-state index contributed by atoms with van der Waals surface area (Å²) in [6.07, 6.45) is 5.31. The van der Waals surface area contributed by atoms with Crippen LogP contribution in [-0.2, 0) is 19.7 Å². The van der Waals surface area contributed by atoms with Crippen molar-refractivity contribution >= 4 is 33.7 Å². The van der Waals surface area contributed by atoms with E-state index < -0.39 is 51.0 Å². The summed E-state index contributed by atoms with van der Waals surface area (Å²) in [5.41, 5.74) is -0.272. The number of aliphatic carboxylic acids is 1. The number of unbranched alkanes of at least 4 members (excludes halogenated alkanes) is 2. The molecule has 0 saturated carbocycles. The number of imidazole rings is 1. The number of carboxylic acids is 1. The van der Waals surface area contributed by atoms with E-state index in [0.29, 0.717) is 18.6 Å². The quantitative estimate of drug-likeness (QED) is 0.213. The Morgan fingerprint density at radius 2 is 1.80 bits per heavy atom. The molecule has 2 aromatic carbocycles. The lowest BCUT2D eigenvalue weighted by atomic mass is 10.1. The smallest absolute Gasteiger partial charge is 0.326 e. The lowest BCUT2D eigenvalue weighted by Gasteiger charge is -2.27. The number of likely N-dealkylation sites (tertiary alicyclic amines) is 1. The first-order valence-electron chi connectivity index (χ1n) is 13.2. The van der Waals surface area contributed by atoms with Gasteiger partial charge in [0.15, 0.2) is 5.82 Å². The number of nitrogens with zero attached hydrogens (tertiary/aromatic N) is 3. The number of hydrogen-bond donors (Lipinski definition) is 3. The van der Waals surface area contributed by atoms with Crippen molar-refractivity contribution in [1.29, 1.82) is 0 Å². The molecule has 0 aliphatic carbocycles. The highest BCUT2D eigenvalue weighted by Crippen LogP contribution is 2.29. The predicted octanol–water partition coefficient (Wildman–Crippen LogP) is 3.64. The van der Waals surface area contributed by atoms with E-state index in [1.807, 2.05) is 25.1 Å². The van der Waals surface area contributed by atoms with Crippen LogP contribution >= 0.6 is 0 Å². The maximum atomic E-state index is 13.8. The maximum absolute atomic E-state index is 13.8. The van der Waals surface area contributed by atoms with Crippen LogP contribution in [-0.4, -0.2) is 69.0 Å². The van der Waals surface area contributed by atoms with Gasteiger partial charge in [0.1, 0.15) is 28.8 Å². The summed E-state index contributed by atoms with van der Waals surface area (Å²) in [5, 5.41) is 12.4. The SMILES string of the molecule is CCCCCC(C(=O)N1C[C@@H](Oc2ccccc2)C[C@H]1C(=O)O)n1cnc(NC(=O)c2ccccc2S(=O)(=O)O)c1. The molecule has 41 heavy (non-hydrogen) atoms. The highest BCUT2D eigenvalue weighted by atomic mass is 32.2. The number of carbonyl (C=O) groups excluding carboxylic acids is 2. The second-order valence-corrected chi connectivity index (χ2v) is 11.2. The van der Waals surface area contributed by atoms with Crippen molar-refractivity contribution in [2.45, 2.75) is 62.1 Å². The van der Waals surface area contributed by atoms with E-state index >= 15 is 0 Å². The Kier molecular flexibility index (Phi) is 9.40. The number of amides is 2. The van der Waals surface area contributed by atoms with Gasteiger partial charge >= 0.3 is 5.97 Å². The van der Waals surface area contributed by atoms with Crippen molar-refractivity contribution in [2.75, 3.05) is 11.9 Å². The Balaban J connectivity index is 1.55. The molecule has 0 bridgehead atoms. The highest BCUT2D eigenvalue weighted by molar-refractivity contribution is 7.86. The third-order valence-electron chi connectivity index (χ3n) is 6.86. The summed E-state index contributed by atoms with van der Waals surface area (Å²) < 4.78 is 40.3. The van der Waals surface area contributed by atoms with Crippen LogP contribution in [0.5, 0.6) is 5.75 Å². The van der Waals surface area contributed by atoms with Crippen LogP contribution in [0.4, 0.5) is 5.82 Å². The van der Waals surface area contributed by atoms with E-state index in [4.69, 9.17) is 4.74 Å². The van der Waals surface area contributed by atoms with Gasteiger partial charge in [-0.25, -0.2) is 9.78 Å². The fourth-order valence-corrected chi connectivity index (χ4v) is 5.55. The van der Waals surface area contributed by atoms with Gasteiger partial charge in [-0.05, 0) is 30.7 Å². The molecule has 3 aromatic rings. The number of carboxylic acid groups (broad SMARTS) is 1. The first-order valence-corrected chi connectivity index (χ1v) is 14.7. The van der Waals surface area contributed by atoms with E-state index in [9.17, 15) is 32.5 Å². The number of aromatic nitrogens is 2. The van der Waals surface area contributed by atoms with Gasteiger partial charge in [0, 0.05) is 12.6 Å².